The number of halogens is 1. The lowest BCUT2D eigenvalue weighted by Gasteiger charge is -2.08. The second-order valence-electron chi connectivity index (χ2n) is 4.46. The molecule has 2 aromatic carbocycles. The number of aryl methyl sites for hydroxylation is 2. The van der Waals surface area contributed by atoms with Crippen LogP contribution in [0.25, 0.3) is 0 Å². The van der Waals surface area contributed by atoms with E-state index in [-0.39, 0.29) is 11.7 Å². The summed E-state index contributed by atoms with van der Waals surface area (Å²) in [6.45, 7) is 4.12. The molecule has 0 saturated heterocycles. The van der Waals surface area contributed by atoms with Gasteiger partial charge in [-0.3, -0.25) is 4.79 Å². The molecule has 0 aliphatic carbocycles. The molecule has 3 heteroatoms. The Morgan fingerprint density at radius 3 is 2.42 bits per heavy atom. The van der Waals surface area contributed by atoms with Gasteiger partial charge in [-0.05, 0) is 60.9 Å². The van der Waals surface area contributed by atoms with Gasteiger partial charge < -0.3 is 5.32 Å². The topological polar surface area (TPSA) is 29.1 Å². The zero-order valence-electron chi connectivity index (χ0n) is 11.0. The molecule has 1 N–H and O–H groups in total. The van der Waals surface area contributed by atoms with E-state index >= 15 is 0 Å². The Balaban J connectivity index is 2.14. The van der Waals surface area contributed by atoms with Crippen molar-refractivity contribution in [2.75, 3.05) is 5.32 Å². The summed E-state index contributed by atoms with van der Waals surface area (Å²) in [6, 6.07) is 11.3. The first kappa shape index (κ1) is 13.3. The van der Waals surface area contributed by atoms with Gasteiger partial charge >= 0.3 is 0 Å². The van der Waals surface area contributed by atoms with E-state index in [0.717, 1.165) is 17.7 Å². The van der Waals surface area contributed by atoms with Crippen LogP contribution in [0.5, 0.6) is 0 Å². The van der Waals surface area contributed by atoms with Crippen LogP contribution < -0.4 is 5.32 Å². The number of hydrogen-bond donors (Lipinski definition) is 1. The summed E-state index contributed by atoms with van der Waals surface area (Å²) in [7, 11) is 0. The van der Waals surface area contributed by atoms with Crippen LogP contribution in [0.3, 0.4) is 0 Å². The first-order chi connectivity index (χ1) is 9.10. The van der Waals surface area contributed by atoms with Crippen molar-refractivity contribution < 1.29 is 9.18 Å². The van der Waals surface area contributed by atoms with E-state index in [4.69, 9.17) is 0 Å². The zero-order chi connectivity index (χ0) is 13.8. The van der Waals surface area contributed by atoms with E-state index in [0.29, 0.717) is 5.56 Å². The Labute approximate surface area is 112 Å². The Bertz CT molecular complexity index is 590. The van der Waals surface area contributed by atoms with Crippen molar-refractivity contribution in [2.45, 2.75) is 20.3 Å². The van der Waals surface area contributed by atoms with E-state index in [1.165, 1.54) is 29.8 Å². The average Bonchev–Trinajstić information content (AvgIpc) is 2.39. The van der Waals surface area contributed by atoms with Crippen molar-refractivity contribution in [3.8, 4) is 0 Å². The highest BCUT2D eigenvalue weighted by Crippen LogP contribution is 2.16. The molecular weight excluding hydrogens is 241 g/mol. The van der Waals surface area contributed by atoms with Crippen LogP contribution >= 0.6 is 0 Å². The van der Waals surface area contributed by atoms with Gasteiger partial charge in [0.15, 0.2) is 0 Å². The van der Waals surface area contributed by atoms with Gasteiger partial charge in [-0.15, -0.1) is 0 Å². The number of carbonyl (C=O) groups is 1. The fraction of sp³-hybridized carbons (Fsp3) is 0.188. The number of nitrogens with one attached hydrogen (secondary N) is 1. The highest BCUT2D eigenvalue weighted by atomic mass is 19.1. The quantitative estimate of drug-likeness (QED) is 0.886. The van der Waals surface area contributed by atoms with Gasteiger partial charge in [-0.25, -0.2) is 4.39 Å². The van der Waals surface area contributed by atoms with Gasteiger partial charge in [-0.2, -0.15) is 0 Å². The van der Waals surface area contributed by atoms with Gasteiger partial charge in [-0.1, -0.05) is 13.0 Å². The van der Waals surface area contributed by atoms with Gasteiger partial charge in [0.2, 0.25) is 0 Å². The van der Waals surface area contributed by atoms with Gasteiger partial charge in [0, 0.05) is 11.3 Å². The minimum absolute atomic E-state index is 0.233. The van der Waals surface area contributed by atoms with Crippen LogP contribution in [0, 0.1) is 12.7 Å². The molecule has 0 spiro atoms. The second kappa shape index (κ2) is 5.65. The number of carbonyl (C=O) groups excluding carboxylic acids is 1. The minimum atomic E-state index is -0.348. The molecule has 0 unspecified atom stereocenters. The molecule has 0 aliphatic heterocycles. The third kappa shape index (κ3) is 3.19. The monoisotopic (exact) mass is 257 g/mol. The second-order valence-corrected chi connectivity index (χ2v) is 4.46. The molecule has 0 saturated carbocycles. The van der Waals surface area contributed by atoms with E-state index in [2.05, 4.69) is 12.2 Å². The molecule has 0 aliphatic rings. The normalized spacial score (nSPS) is 10.3. The number of anilines is 1. The van der Waals surface area contributed by atoms with Gasteiger partial charge in [0.25, 0.3) is 5.91 Å². The summed E-state index contributed by atoms with van der Waals surface area (Å²) < 4.78 is 12.8. The molecule has 1 amide bonds. The fourth-order valence-corrected chi connectivity index (χ4v) is 1.97. The van der Waals surface area contributed by atoms with Crippen LogP contribution in [-0.2, 0) is 6.42 Å². The number of hydrogen-bond acceptors (Lipinski definition) is 1. The molecular formula is C16H16FNO. The van der Waals surface area contributed by atoms with Crippen LogP contribution in [0.1, 0.15) is 28.4 Å². The fourth-order valence-electron chi connectivity index (χ4n) is 1.97. The van der Waals surface area contributed by atoms with E-state index in [9.17, 15) is 9.18 Å². The van der Waals surface area contributed by atoms with Crippen LogP contribution in [0.15, 0.2) is 42.5 Å². The molecule has 19 heavy (non-hydrogen) atoms. The van der Waals surface area contributed by atoms with Crippen molar-refractivity contribution in [3.05, 3.63) is 65.0 Å². The molecule has 0 radical (unpaired) electrons. The zero-order valence-corrected chi connectivity index (χ0v) is 11.0. The van der Waals surface area contributed by atoms with Gasteiger partial charge in [0.1, 0.15) is 5.82 Å². The summed E-state index contributed by atoms with van der Waals surface area (Å²) >= 11 is 0. The van der Waals surface area contributed by atoms with Crippen molar-refractivity contribution in [3.63, 3.8) is 0 Å². The summed E-state index contributed by atoms with van der Waals surface area (Å²) in [5.41, 5.74) is 3.61. The number of amides is 1. The summed E-state index contributed by atoms with van der Waals surface area (Å²) in [5, 5.41) is 2.81. The van der Waals surface area contributed by atoms with Crippen LogP contribution in [0.4, 0.5) is 10.1 Å². The molecule has 0 atom stereocenters. The molecule has 98 valence electrons. The molecule has 2 nitrogen and oxygen atoms in total. The van der Waals surface area contributed by atoms with E-state index < -0.39 is 0 Å². The van der Waals surface area contributed by atoms with Crippen molar-refractivity contribution in [2.24, 2.45) is 0 Å². The molecule has 2 aromatic rings. The van der Waals surface area contributed by atoms with Crippen LogP contribution in [0.2, 0.25) is 0 Å². The SMILES string of the molecule is CCc1ccc(NC(=O)c2ccc(F)cc2)cc1C. The largest absolute Gasteiger partial charge is 0.322 e. The highest BCUT2D eigenvalue weighted by molar-refractivity contribution is 6.04. The maximum atomic E-state index is 12.8. The Kier molecular flexibility index (Phi) is 3.95. The first-order valence-corrected chi connectivity index (χ1v) is 6.26. The Hall–Kier alpha value is -2.16. The Morgan fingerprint density at radius 2 is 1.84 bits per heavy atom. The first-order valence-electron chi connectivity index (χ1n) is 6.26. The molecule has 0 heterocycles. The van der Waals surface area contributed by atoms with Gasteiger partial charge in [0.05, 0.1) is 0 Å². The molecule has 0 bridgehead atoms. The van der Waals surface area contributed by atoms with Crippen molar-refractivity contribution >= 4 is 11.6 Å². The average molecular weight is 257 g/mol. The van der Waals surface area contributed by atoms with E-state index in [1.807, 2.05) is 25.1 Å². The van der Waals surface area contributed by atoms with Crippen molar-refractivity contribution in [1.82, 2.24) is 0 Å². The van der Waals surface area contributed by atoms with E-state index in [1.54, 1.807) is 0 Å². The molecule has 0 fully saturated rings. The molecule has 0 aromatic heterocycles. The highest BCUT2D eigenvalue weighted by Gasteiger charge is 2.06. The predicted octanol–water partition coefficient (Wildman–Crippen LogP) is 3.95. The summed E-state index contributed by atoms with van der Waals surface area (Å²) in [6.07, 6.45) is 0.970. The third-order valence-electron chi connectivity index (χ3n) is 3.09. The standard InChI is InChI=1S/C16H16FNO/c1-3-12-6-9-15(10-11(12)2)18-16(19)13-4-7-14(17)8-5-13/h4-10H,3H2,1-2H3,(H,18,19). The van der Waals surface area contributed by atoms with Crippen LogP contribution in [-0.4, -0.2) is 5.91 Å². The maximum Gasteiger partial charge on any atom is 0.255 e. The lowest BCUT2D eigenvalue weighted by Crippen LogP contribution is -2.12. The number of benzene rings is 2. The lowest BCUT2D eigenvalue weighted by molar-refractivity contribution is 0.102. The summed E-state index contributed by atoms with van der Waals surface area (Å²) in [4.78, 5) is 12.0. The predicted molar refractivity (Wildman–Crippen MR) is 74.9 cm³/mol. The third-order valence-corrected chi connectivity index (χ3v) is 3.09. The molecule has 2 rings (SSSR count). The smallest absolute Gasteiger partial charge is 0.255 e. The van der Waals surface area contributed by atoms with Crippen molar-refractivity contribution in [1.29, 1.82) is 0 Å². The number of rotatable bonds is 3. The lowest BCUT2D eigenvalue weighted by atomic mass is 10.1. The maximum absolute atomic E-state index is 12.8. The minimum Gasteiger partial charge on any atom is -0.322 e. The summed E-state index contributed by atoms with van der Waals surface area (Å²) in [5.74, 6) is -0.580. The Morgan fingerprint density at radius 1 is 1.16 bits per heavy atom.